The molecule has 1 spiro atoms. The van der Waals surface area contributed by atoms with E-state index in [2.05, 4.69) is 45.7 Å². The van der Waals surface area contributed by atoms with Crippen molar-refractivity contribution in [1.29, 1.82) is 0 Å². The molecule has 0 atom stereocenters. The highest BCUT2D eigenvalue weighted by Crippen LogP contribution is 2.43. The number of benzene rings is 1. The van der Waals surface area contributed by atoms with Crippen LogP contribution in [0.2, 0.25) is 0 Å². The van der Waals surface area contributed by atoms with Crippen molar-refractivity contribution in [3.05, 3.63) is 41.9 Å². The zero-order valence-electron chi connectivity index (χ0n) is 20.7. The summed E-state index contributed by atoms with van der Waals surface area (Å²) in [6.07, 6.45) is 3.85. The molecular formula is C27H31N5O2S. The zero-order valence-corrected chi connectivity index (χ0v) is 21.6. The third-order valence-corrected chi connectivity index (χ3v) is 8.17. The minimum absolute atomic E-state index is 0.189. The highest BCUT2D eigenvalue weighted by Gasteiger charge is 2.48. The van der Waals surface area contributed by atoms with E-state index in [0.29, 0.717) is 0 Å². The molecule has 0 N–H and O–H groups in total. The average Bonchev–Trinajstić information content (AvgIpc) is 3.42. The van der Waals surface area contributed by atoms with Crippen LogP contribution >= 0.6 is 11.3 Å². The highest BCUT2D eigenvalue weighted by molar-refractivity contribution is 7.17. The number of thiophene rings is 1. The number of hydrogen-bond acceptors (Lipinski definition) is 6. The number of hydrogen-bond donors (Lipinski definition) is 0. The fraction of sp³-hybridized carbons (Fsp3) is 0.444. The zero-order chi connectivity index (χ0) is 24.4. The van der Waals surface area contributed by atoms with Gasteiger partial charge in [0.2, 0.25) is 0 Å². The summed E-state index contributed by atoms with van der Waals surface area (Å²) in [5, 5.41) is 8.86. The fourth-order valence-corrected chi connectivity index (χ4v) is 6.21. The predicted octanol–water partition coefficient (Wildman–Crippen LogP) is 5.69. The van der Waals surface area contributed by atoms with Gasteiger partial charge in [-0.15, -0.1) is 11.3 Å². The van der Waals surface area contributed by atoms with Crippen LogP contribution < -0.4 is 4.90 Å². The number of amides is 1. The molecule has 6 rings (SSSR count). The average molecular weight is 490 g/mol. The topological polar surface area (TPSA) is 63.5 Å². The molecule has 0 bridgehead atoms. The summed E-state index contributed by atoms with van der Waals surface area (Å²) in [5.41, 5.74) is 3.04. The van der Waals surface area contributed by atoms with Crippen LogP contribution in [0.1, 0.15) is 33.6 Å². The van der Waals surface area contributed by atoms with Crippen molar-refractivity contribution in [2.24, 2.45) is 12.5 Å². The maximum Gasteiger partial charge on any atom is 0.410 e. The Bertz CT molecular complexity index is 1420. The van der Waals surface area contributed by atoms with Crippen LogP contribution in [0, 0.1) is 5.41 Å². The first-order valence-corrected chi connectivity index (χ1v) is 13.1. The van der Waals surface area contributed by atoms with Crippen molar-refractivity contribution >= 4 is 44.2 Å². The molecule has 5 heterocycles. The molecule has 0 unspecified atom stereocenters. The molecular weight excluding hydrogens is 458 g/mol. The summed E-state index contributed by atoms with van der Waals surface area (Å²) in [6, 6.07) is 10.9. The summed E-state index contributed by atoms with van der Waals surface area (Å²) >= 11 is 1.76. The first kappa shape index (κ1) is 22.3. The number of aromatic nitrogens is 3. The van der Waals surface area contributed by atoms with Gasteiger partial charge in [-0.1, -0.05) is 6.07 Å². The van der Waals surface area contributed by atoms with Gasteiger partial charge in [0, 0.05) is 59.7 Å². The quantitative estimate of drug-likeness (QED) is 0.362. The van der Waals surface area contributed by atoms with Gasteiger partial charge in [-0.25, -0.2) is 9.78 Å². The van der Waals surface area contributed by atoms with Gasteiger partial charge >= 0.3 is 6.09 Å². The van der Waals surface area contributed by atoms with E-state index in [1.54, 1.807) is 11.3 Å². The minimum atomic E-state index is -0.450. The second-order valence-corrected chi connectivity index (χ2v) is 12.0. The minimum Gasteiger partial charge on any atom is -0.444 e. The molecule has 8 heteroatoms. The van der Waals surface area contributed by atoms with Crippen molar-refractivity contribution in [3.8, 4) is 11.3 Å². The fourth-order valence-electron chi connectivity index (χ4n) is 5.39. The van der Waals surface area contributed by atoms with Crippen LogP contribution in [0.15, 0.2) is 41.9 Å². The molecule has 4 aromatic rings. The largest absolute Gasteiger partial charge is 0.444 e. The molecule has 2 aliphatic rings. The molecule has 7 nitrogen and oxygen atoms in total. The number of pyridine rings is 1. The van der Waals surface area contributed by atoms with Crippen LogP contribution in [-0.4, -0.2) is 57.5 Å². The van der Waals surface area contributed by atoms with E-state index in [4.69, 9.17) is 9.72 Å². The van der Waals surface area contributed by atoms with E-state index in [1.165, 1.54) is 10.1 Å². The SMILES string of the molecule is Cn1ncc2cc(-c3nc(N4CCC5(CC4)CN(C(=O)OC(C)(C)C)C5)cc4sccc34)ccc21. The number of aryl methyl sites for hydroxylation is 1. The van der Waals surface area contributed by atoms with Crippen LogP contribution in [0.3, 0.4) is 0 Å². The predicted molar refractivity (Wildman–Crippen MR) is 141 cm³/mol. The van der Waals surface area contributed by atoms with E-state index >= 15 is 0 Å². The van der Waals surface area contributed by atoms with Crippen molar-refractivity contribution in [3.63, 3.8) is 0 Å². The molecule has 2 aliphatic heterocycles. The maximum atomic E-state index is 12.4. The van der Waals surface area contributed by atoms with Crippen molar-refractivity contribution < 1.29 is 9.53 Å². The Labute approximate surface area is 209 Å². The molecule has 0 radical (unpaired) electrons. The smallest absolute Gasteiger partial charge is 0.410 e. The molecule has 35 heavy (non-hydrogen) atoms. The third kappa shape index (κ3) is 4.03. The molecule has 0 saturated carbocycles. The Balaban J connectivity index is 1.21. The van der Waals surface area contributed by atoms with Crippen LogP contribution in [0.4, 0.5) is 10.6 Å². The number of ether oxygens (including phenoxy) is 1. The van der Waals surface area contributed by atoms with Crippen LogP contribution in [-0.2, 0) is 11.8 Å². The first-order chi connectivity index (χ1) is 16.7. The number of fused-ring (bicyclic) bond motifs is 2. The van der Waals surface area contributed by atoms with Crippen LogP contribution in [0.5, 0.6) is 0 Å². The number of anilines is 1. The number of piperidine rings is 1. The number of carbonyl (C=O) groups is 1. The van der Waals surface area contributed by atoms with Crippen molar-refractivity contribution in [1.82, 2.24) is 19.7 Å². The number of carbonyl (C=O) groups excluding carboxylic acids is 1. The van der Waals surface area contributed by atoms with Crippen molar-refractivity contribution in [2.75, 3.05) is 31.1 Å². The first-order valence-electron chi connectivity index (χ1n) is 12.2. The van der Waals surface area contributed by atoms with E-state index in [0.717, 1.165) is 67.0 Å². The van der Waals surface area contributed by atoms with Gasteiger partial charge in [-0.3, -0.25) is 4.68 Å². The maximum absolute atomic E-state index is 12.4. The lowest BCUT2D eigenvalue weighted by Crippen LogP contribution is -2.62. The molecule has 2 saturated heterocycles. The number of likely N-dealkylation sites (tertiary alicyclic amines) is 1. The van der Waals surface area contributed by atoms with Gasteiger partial charge in [0.1, 0.15) is 11.4 Å². The lowest BCUT2D eigenvalue weighted by molar-refractivity contribution is -0.0434. The molecule has 1 aromatic carbocycles. The van der Waals surface area contributed by atoms with Gasteiger partial charge in [0.15, 0.2) is 0 Å². The summed E-state index contributed by atoms with van der Waals surface area (Å²) in [6.45, 7) is 9.24. The number of rotatable bonds is 2. The van der Waals surface area contributed by atoms with E-state index in [1.807, 2.05) is 43.6 Å². The number of nitrogens with zero attached hydrogens (tertiary/aromatic N) is 5. The van der Waals surface area contributed by atoms with Gasteiger partial charge in [-0.05, 0) is 63.3 Å². The Morgan fingerprint density at radius 1 is 1.11 bits per heavy atom. The Kier molecular flexibility index (Phi) is 5.07. The van der Waals surface area contributed by atoms with Crippen molar-refractivity contribution in [2.45, 2.75) is 39.2 Å². The summed E-state index contributed by atoms with van der Waals surface area (Å²) in [4.78, 5) is 21.8. The normalized spacial score (nSPS) is 17.8. The lowest BCUT2D eigenvalue weighted by atomic mass is 9.72. The van der Waals surface area contributed by atoms with E-state index in [-0.39, 0.29) is 11.5 Å². The summed E-state index contributed by atoms with van der Waals surface area (Å²) in [7, 11) is 1.97. The highest BCUT2D eigenvalue weighted by atomic mass is 32.1. The Hall–Kier alpha value is -3.13. The van der Waals surface area contributed by atoms with Gasteiger partial charge in [-0.2, -0.15) is 5.10 Å². The molecule has 0 aliphatic carbocycles. The van der Waals surface area contributed by atoms with E-state index < -0.39 is 5.60 Å². The van der Waals surface area contributed by atoms with Crippen LogP contribution in [0.25, 0.3) is 32.2 Å². The van der Waals surface area contributed by atoms with E-state index in [9.17, 15) is 4.79 Å². The molecule has 3 aromatic heterocycles. The lowest BCUT2D eigenvalue weighted by Gasteiger charge is -2.53. The molecule has 182 valence electrons. The Morgan fingerprint density at radius 2 is 1.89 bits per heavy atom. The Morgan fingerprint density at radius 3 is 2.63 bits per heavy atom. The van der Waals surface area contributed by atoms with Gasteiger partial charge < -0.3 is 14.5 Å². The summed E-state index contributed by atoms with van der Waals surface area (Å²) < 4.78 is 8.71. The molecule has 1 amide bonds. The van der Waals surface area contributed by atoms with Gasteiger partial charge in [0.05, 0.1) is 17.4 Å². The standard InChI is InChI=1S/C27H31N5O2S/c1-26(2,3)34-25(33)32-16-27(17-32)8-10-31(11-9-27)23-14-22-20(7-12-35-22)24(29-23)18-5-6-21-19(13-18)15-28-30(21)4/h5-7,12-15H,8-11,16-17H2,1-4H3. The second kappa shape index (κ2) is 7.95. The van der Waals surface area contributed by atoms with Gasteiger partial charge in [0.25, 0.3) is 0 Å². The third-order valence-electron chi connectivity index (χ3n) is 7.31. The molecule has 2 fully saturated rings. The monoisotopic (exact) mass is 489 g/mol. The second-order valence-electron chi connectivity index (χ2n) is 11.0. The summed E-state index contributed by atoms with van der Waals surface area (Å²) in [5.74, 6) is 1.04.